The fourth-order valence-electron chi connectivity index (χ4n) is 3.68. The number of hydrogen-bond acceptors (Lipinski definition) is 9. The van der Waals surface area contributed by atoms with Crippen molar-refractivity contribution in [3.63, 3.8) is 0 Å². The third-order valence-corrected chi connectivity index (χ3v) is 5.49. The quantitative estimate of drug-likeness (QED) is 0.0770. The molecule has 0 aliphatic rings. The number of nitrogens with one attached hydrogen (secondary N) is 2. The summed E-state index contributed by atoms with van der Waals surface area (Å²) < 4.78 is 39.9. The largest absolute Gasteiger partial charge is 0.490 e. The first-order valence-corrected chi connectivity index (χ1v) is 13.7. The second-order valence-electron chi connectivity index (χ2n) is 11.5. The lowest BCUT2D eigenvalue weighted by Crippen LogP contribution is -2.43. The number of aromatic nitrogens is 2. The predicted molar refractivity (Wildman–Crippen MR) is 155 cm³/mol. The van der Waals surface area contributed by atoms with Crippen LogP contribution in [0.15, 0.2) is 37.1 Å². The van der Waals surface area contributed by atoms with Crippen LogP contribution in [0.25, 0.3) is 11.1 Å². The molecule has 13 nitrogen and oxygen atoms in total. The lowest BCUT2D eigenvalue weighted by molar-refractivity contribution is -0.772. The van der Waals surface area contributed by atoms with E-state index < -0.39 is 41.3 Å². The summed E-state index contributed by atoms with van der Waals surface area (Å²) in [4.78, 5) is 41.3. The number of alkyl carbamates (subject to hydrolysis) is 1. The molecule has 2 rings (SSSR count). The summed E-state index contributed by atoms with van der Waals surface area (Å²) in [6.45, 7) is 14.3. The Balaban J connectivity index is 2.24. The zero-order chi connectivity index (χ0) is 32.4. The van der Waals surface area contributed by atoms with E-state index in [9.17, 15) is 14.4 Å². The Kier molecular flexibility index (Phi) is 12.5. The van der Waals surface area contributed by atoms with E-state index in [0.29, 0.717) is 25.1 Å². The van der Waals surface area contributed by atoms with Crippen molar-refractivity contribution in [2.24, 2.45) is 12.9 Å². The van der Waals surface area contributed by atoms with Gasteiger partial charge in [0.2, 0.25) is 12.3 Å². The SMILES string of the molecule is C=CCOC(=O)Nc1c(-c2ccc(OCC(ON)C(=O)OC(C)(C)C)cc2F)c[n+](CCCNC(=O)OC(C)(C)C)n1C. The first kappa shape index (κ1) is 35.0. The number of benzene rings is 1. The molecule has 0 bridgehead atoms. The number of esters is 1. The summed E-state index contributed by atoms with van der Waals surface area (Å²) in [6, 6.07) is 4.11. The van der Waals surface area contributed by atoms with Crippen LogP contribution in [0.2, 0.25) is 0 Å². The van der Waals surface area contributed by atoms with E-state index in [1.807, 2.05) is 0 Å². The molecule has 0 fully saturated rings. The van der Waals surface area contributed by atoms with Crippen LogP contribution in [0, 0.1) is 5.82 Å². The Bertz CT molecular complexity index is 1280. The van der Waals surface area contributed by atoms with Gasteiger partial charge >= 0.3 is 18.2 Å². The Morgan fingerprint density at radius 3 is 2.35 bits per heavy atom. The van der Waals surface area contributed by atoms with Crippen molar-refractivity contribution in [3.8, 4) is 16.9 Å². The number of carbonyl (C=O) groups excluding carboxylic acids is 3. The molecule has 0 aliphatic carbocycles. The highest BCUT2D eigenvalue weighted by atomic mass is 19.1. The van der Waals surface area contributed by atoms with Crippen molar-refractivity contribution in [3.05, 3.63) is 42.9 Å². The van der Waals surface area contributed by atoms with Crippen LogP contribution < -0.4 is 25.9 Å². The molecule has 2 aromatic rings. The maximum absolute atomic E-state index is 15.5. The molecule has 14 heteroatoms. The molecule has 0 radical (unpaired) electrons. The number of nitrogens with two attached hydrogens (primary N) is 1. The predicted octanol–water partition coefficient (Wildman–Crippen LogP) is 3.75. The van der Waals surface area contributed by atoms with Crippen LogP contribution in [-0.2, 0) is 37.4 Å². The minimum Gasteiger partial charge on any atom is -0.490 e. The number of carbonyl (C=O) groups is 3. The summed E-state index contributed by atoms with van der Waals surface area (Å²) >= 11 is 0. The maximum Gasteiger partial charge on any atom is 0.413 e. The molecular weight excluding hydrogens is 565 g/mol. The zero-order valence-corrected chi connectivity index (χ0v) is 25.8. The van der Waals surface area contributed by atoms with E-state index in [0.717, 1.165) is 6.07 Å². The van der Waals surface area contributed by atoms with Gasteiger partial charge in [0.05, 0.1) is 12.6 Å². The molecule has 0 spiro atoms. The highest BCUT2D eigenvalue weighted by molar-refractivity contribution is 5.89. The Hall–Kier alpha value is -4.17. The van der Waals surface area contributed by atoms with Gasteiger partial charge in [0.1, 0.15) is 36.0 Å². The van der Waals surface area contributed by atoms with Gasteiger partial charge in [-0.25, -0.2) is 24.7 Å². The van der Waals surface area contributed by atoms with Crippen LogP contribution in [0.1, 0.15) is 48.0 Å². The van der Waals surface area contributed by atoms with Gasteiger partial charge in [-0.15, -0.1) is 9.36 Å². The molecule has 1 atom stereocenters. The number of anilines is 1. The molecule has 1 aromatic carbocycles. The van der Waals surface area contributed by atoms with Gasteiger partial charge in [-0.3, -0.25) is 10.2 Å². The smallest absolute Gasteiger partial charge is 0.413 e. The van der Waals surface area contributed by atoms with Crippen molar-refractivity contribution in [1.82, 2.24) is 10.00 Å². The summed E-state index contributed by atoms with van der Waals surface area (Å²) in [5.74, 6) is 4.24. The van der Waals surface area contributed by atoms with Gasteiger partial charge in [-0.05, 0) is 53.7 Å². The molecule has 0 saturated heterocycles. The van der Waals surface area contributed by atoms with Crippen LogP contribution >= 0.6 is 0 Å². The monoisotopic (exact) mass is 608 g/mol. The average molecular weight is 609 g/mol. The molecule has 238 valence electrons. The van der Waals surface area contributed by atoms with E-state index in [2.05, 4.69) is 22.1 Å². The van der Waals surface area contributed by atoms with Crippen LogP contribution in [-0.4, -0.2) is 59.9 Å². The van der Waals surface area contributed by atoms with Gasteiger partial charge in [0.25, 0.3) is 0 Å². The Morgan fingerprint density at radius 2 is 1.77 bits per heavy atom. The van der Waals surface area contributed by atoms with E-state index in [-0.39, 0.29) is 30.3 Å². The lowest BCUT2D eigenvalue weighted by atomic mass is 10.1. The highest BCUT2D eigenvalue weighted by Crippen LogP contribution is 2.31. The molecule has 43 heavy (non-hydrogen) atoms. The molecule has 4 N–H and O–H groups in total. The number of ether oxygens (including phenoxy) is 4. The van der Waals surface area contributed by atoms with Crippen LogP contribution in [0.3, 0.4) is 0 Å². The third-order valence-electron chi connectivity index (χ3n) is 5.49. The third kappa shape index (κ3) is 11.6. The second kappa shape index (κ2) is 15.3. The standard InChI is InChI=1S/C29H42FN5O8/c1-9-15-39-27(38)33-24-21(17-35(34(24)8)14-10-13-32-26(37)42-29(5,6)7)20-12-11-19(16-22(20)30)40-18-23(43-31)25(36)41-28(2,3)4/h9,11-12,16-17,23H,1,10,13-15,18,31H2,2-8H3,(H,32,37)/p+1. The van der Waals surface area contributed by atoms with Crippen molar-refractivity contribution < 1.29 is 47.2 Å². The summed E-state index contributed by atoms with van der Waals surface area (Å²) in [5, 5.41) is 5.34. The summed E-state index contributed by atoms with van der Waals surface area (Å²) in [7, 11) is 1.69. The molecule has 1 aromatic heterocycles. The highest BCUT2D eigenvalue weighted by Gasteiger charge is 2.28. The molecule has 1 unspecified atom stereocenters. The molecule has 0 aliphatic heterocycles. The molecule has 1 heterocycles. The fourth-order valence-corrected chi connectivity index (χ4v) is 3.68. The van der Waals surface area contributed by atoms with Crippen molar-refractivity contribution in [1.29, 1.82) is 0 Å². The van der Waals surface area contributed by atoms with Crippen molar-refractivity contribution >= 4 is 24.0 Å². The molecule has 2 amide bonds. The number of rotatable bonds is 13. The van der Waals surface area contributed by atoms with Gasteiger partial charge in [-0.1, -0.05) is 12.7 Å². The second-order valence-corrected chi connectivity index (χ2v) is 11.5. The normalized spacial score (nSPS) is 12.2. The van der Waals surface area contributed by atoms with Gasteiger partial charge in [-0.2, -0.15) is 0 Å². The topological polar surface area (TPSA) is 156 Å². The van der Waals surface area contributed by atoms with E-state index in [1.165, 1.54) is 18.2 Å². The van der Waals surface area contributed by atoms with Crippen molar-refractivity contribution in [2.45, 2.75) is 71.8 Å². The zero-order valence-electron chi connectivity index (χ0n) is 25.8. The summed E-state index contributed by atoms with van der Waals surface area (Å²) in [6.07, 6.45) is 1.09. The van der Waals surface area contributed by atoms with E-state index >= 15 is 4.39 Å². The van der Waals surface area contributed by atoms with E-state index in [4.69, 9.17) is 24.8 Å². The van der Waals surface area contributed by atoms with Gasteiger partial charge in [0, 0.05) is 24.6 Å². The number of hydrogen-bond donors (Lipinski definition) is 3. The minimum absolute atomic E-state index is 0.0148. The van der Waals surface area contributed by atoms with E-state index in [1.54, 1.807) is 64.2 Å². The van der Waals surface area contributed by atoms with Gasteiger partial charge in [0.15, 0.2) is 12.4 Å². The van der Waals surface area contributed by atoms with Crippen molar-refractivity contribution in [2.75, 3.05) is 25.1 Å². The lowest BCUT2D eigenvalue weighted by Gasteiger charge is -2.23. The Labute approximate surface area is 251 Å². The number of halogens is 1. The number of amides is 2. The first-order chi connectivity index (χ1) is 20.0. The van der Waals surface area contributed by atoms with Gasteiger partial charge < -0.3 is 24.3 Å². The molecule has 0 saturated carbocycles. The molecular formula is C29H43FN5O8+. The van der Waals surface area contributed by atoms with Crippen LogP contribution in [0.5, 0.6) is 5.75 Å². The Morgan fingerprint density at radius 1 is 1.09 bits per heavy atom. The summed E-state index contributed by atoms with van der Waals surface area (Å²) in [5.41, 5.74) is -0.854. The number of aryl methyl sites for hydroxylation is 1. The average Bonchev–Trinajstić information content (AvgIpc) is 3.18. The van der Waals surface area contributed by atoms with Crippen LogP contribution in [0.4, 0.5) is 19.8 Å². The number of nitrogens with zero attached hydrogens (tertiary/aromatic N) is 2. The first-order valence-electron chi connectivity index (χ1n) is 13.7. The minimum atomic E-state index is -1.22. The maximum atomic E-state index is 15.5. The fraction of sp³-hybridized carbons (Fsp3) is 0.517.